The summed E-state index contributed by atoms with van der Waals surface area (Å²) in [4.78, 5) is 183. The lowest BCUT2D eigenvalue weighted by atomic mass is 9.83. The summed E-state index contributed by atoms with van der Waals surface area (Å²) in [6, 6.07) is 7.56. The van der Waals surface area contributed by atoms with E-state index in [0.717, 1.165) is 11.0 Å². The number of halogens is 1. The maximum atomic E-state index is 15.1. The van der Waals surface area contributed by atoms with E-state index < -0.39 is 114 Å². The van der Waals surface area contributed by atoms with Crippen molar-refractivity contribution in [1.29, 1.82) is 0 Å². The Balaban J connectivity index is 1.44. The largest absolute Gasteiger partial charge is 0.494 e. The van der Waals surface area contributed by atoms with Crippen molar-refractivity contribution in [3.63, 3.8) is 0 Å². The van der Waals surface area contributed by atoms with Crippen LogP contribution >= 0.6 is 0 Å². The van der Waals surface area contributed by atoms with Crippen LogP contribution in [0.2, 0.25) is 0 Å². The summed E-state index contributed by atoms with van der Waals surface area (Å²) in [5.41, 5.74) is 6.57. The lowest BCUT2D eigenvalue weighted by Gasteiger charge is -2.41. The summed E-state index contributed by atoms with van der Waals surface area (Å²) in [5.74, 6) is -7.99. The average Bonchev–Trinajstić information content (AvgIpc) is 1.64. The topological polar surface area (TPSA) is 338 Å². The molecule has 0 bridgehead atoms. The molecule has 2 aliphatic rings. The number of nitrogens with two attached hydrogens (primary N) is 1. The van der Waals surface area contributed by atoms with Crippen LogP contribution in [0.3, 0.4) is 0 Å². The molecule has 27 nitrogen and oxygen atoms in total. The smallest absolute Gasteiger partial charge is 0.409 e. The molecule has 0 aliphatic carbocycles. The Morgan fingerprint density at radius 3 is 1.86 bits per heavy atom. The van der Waals surface area contributed by atoms with Crippen molar-refractivity contribution in [2.45, 2.75) is 201 Å². The quantitative estimate of drug-likeness (QED) is 0.0327. The first-order chi connectivity index (χ1) is 50.0. The van der Waals surface area contributed by atoms with E-state index in [9.17, 15) is 61.9 Å². The Kier molecular flexibility index (Phi) is 37.3. The number of carbonyl (C=O) groups excluding carboxylic acids is 13. The molecule has 9 amide bonds. The predicted octanol–water partition coefficient (Wildman–Crippen LogP) is 7.55. The van der Waals surface area contributed by atoms with Gasteiger partial charge in [0.2, 0.25) is 29.5 Å². The Hall–Kier alpha value is -8.50. The van der Waals surface area contributed by atoms with E-state index >= 15 is 4.79 Å². The van der Waals surface area contributed by atoms with Crippen molar-refractivity contribution in [2.75, 3.05) is 89.3 Å². The number of nitrogens with one attached hydrogen (secondary N) is 2. The number of likely N-dealkylation sites (tertiary alicyclic amines) is 1. The fourth-order valence-corrected chi connectivity index (χ4v) is 13.8. The van der Waals surface area contributed by atoms with E-state index in [2.05, 4.69) is 10.6 Å². The number of carbonyl (C=O) groups is 13. The van der Waals surface area contributed by atoms with E-state index in [0.29, 0.717) is 49.7 Å². The van der Waals surface area contributed by atoms with Gasteiger partial charge in [0.25, 0.3) is 11.8 Å². The van der Waals surface area contributed by atoms with Crippen LogP contribution in [0.25, 0.3) is 0 Å². The molecule has 0 unspecified atom stereocenters. The molecule has 0 aromatic heterocycles. The number of hydrogen-bond donors (Lipinski definition) is 3. The Bertz CT molecular complexity index is 3340. The fourth-order valence-electron chi connectivity index (χ4n) is 13.8. The van der Waals surface area contributed by atoms with Crippen LogP contribution in [0.4, 0.5) is 14.0 Å². The van der Waals surface area contributed by atoms with E-state index in [1.165, 1.54) is 74.4 Å². The molecule has 106 heavy (non-hydrogen) atoms. The minimum Gasteiger partial charge on any atom is -0.494 e. The summed E-state index contributed by atoms with van der Waals surface area (Å²) in [7, 11) is 12.4. The maximum absolute atomic E-state index is 15.1. The second-order valence-corrected chi connectivity index (χ2v) is 29.5. The van der Waals surface area contributed by atoms with E-state index in [-0.39, 0.29) is 154 Å². The molecule has 11 atom stereocenters. The SMILES string of the molecule is CC[C@H](C)[C@@H]([C@@H](CC(=O)N1C[C@@H](OC(=O)N(C)CCN(C)C(=O)OCc2ccc(CC(=O)[C@H](CCCCC(N)=O)NC(=O)[C@@H](CC(=O)CCCCCN3C(=O)C=CC3=O)C(C)C)cc2)C[C@H]1[C@H](OC)[C@@H](C)C(=O)NCC(=O)c1ccc(OC)c(F)c1)OC)N(C)C(=O)[C@@H](CC(=O)[C@H](C(C)C)N(C)C)C(C)C. The number of amides is 9. The number of rotatable bonds is 47. The number of imide groups is 1. The van der Waals surface area contributed by atoms with Gasteiger partial charge in [-0.1, -0.05) is 106 Å². The number of likely N-dealkylation sites (N-methyl/N-ethyl adjacent to an activating group) is 4. The van der Waals surface area contributed by atoms with Crippen LogP contribution in [-0.2, 0) is 79.9 Å². The Labute approximate surface area is 625 Å². The highest BCUT2D eigenvalue weighted by Gasteiger charge is 2.47. The third-order valence-electron chi connectivity index (χ3n) is 20.3. The van der Waals surface area contributed by atoms with Gasteiger partial charge in [0.1, 0.15) is 18.5 Å². The first-order valence-corrected chi connectivity index (χ1v) is 37.0. The summed E-state index contributed by atoms with van der Waals surface area (Å²) < 4.78 is 43.4. The molecule has 2 heterocycles. The van der Waals surface area contributed by atoms with Gasteiger partial charge in [0.15, 0.2) is 28.9 Å². The zero-order valence-corrected chi connectivity index (χ0v) is 65.4. The van der Waals surface area contributed by atoms with E-state index in [4.69, 9.17) is 29.4 Å². The molecule has 4 N–H and O–H groups in total. The van der Waals surface area contributed by atoms with Crippen LogP contribution in [-0.4, -0.2) is 238 Å². The molecule has 4 rings (SSSR count). The molecule has 0 spiro atoms. The van der Waals surface area contributed by atoms with Gasteiger partial charge in [-0.15, -0.1) is 0 Å². The van der Waals surface area contributed by atoms with Crippen molar-refractivity contribution in [1.82, 2.24) is 40.0 Å². The minimum absolute atomic E-state index is 0.00232. The zero-order chi connectivity index (χ0) is 79.4. The molecule has 2 aromatic rings. The molecule has 28 heteroatoms. The highest BCUT2D eigenvalue weighted by Crippen LogP contribution is 2.33. The van der Waals surface area contributed by atoms with Gasteiger partial charge in [-0.3, -0.25) is 62.5 Å². The van der Waals surface area contributed by atoms with Crippen LogP contribution in [0.15, 0.2) is 54.6 Å². The van der Waals surface area contributed by atoms with Gasteiger partial charge < -0.3 is 59.7 Å². The standard InChI is InChI=1S/C78H118FN9O18/c1-18-50(8)72(86(14)76(99)58(48(4)5)42-63(91)71(49(6)7)83(10)11)66(103-16)43-70(96)88-45-56(41-61(88)73(104-17)51(9)74(97)81-44-64(92)54-31-32-65(102-15)59(79)39-54)106-78(101)85(13)37-36-84(12)77(100)105-46-53-29-27-52(28-30-53)38-62(90)60(25-21-22-26-67(80)93)82-75(98)57(47(2)3)40-55(89)24-20-19-23-35-87-68(94)33-34-69(87)95/h27-34,39,47-51,56-58,60-61,66,71-73H,18-26,35-38,40-46H2,1-17H3,(H2,80,93)(H,81,97)(H,82,98)/t50-,51+,56-,57-,58-,60-,61-,66+,71-,72-,73+/m0/s1. The van der Waals surface area contributed by atoms with Crippen LogP contribution in [0.5, 0.6) is 5.75 Å². The van der Waals surface area contributed by atoms with E-state index in [1.807, 2.05) is 74.4 Å². The third kappa shape index (κ3) is 27.1. The first-order valence-electron chi connectivity index (χ1n) is 37.0. The number of ketones is 4. The average molecular weight is 1490 g/mol. The number of nitrogens with zero attached hydrogens (tertiary/aromatic N) is 6. The first kappa shape index (κ1) is 89.9. The normalized spacial score (nSPS) is 16.9. The number of hydrogen-bond acceptors (Lipinski definition) is 19. The molecule has 1 fully saturated rings. The van der Waals surface area contributed by atoms with Crippen molar-refractivity contribution in [3.8, 4) is 5.75 Å². The maximum Gasteiger partial charge on any atom is 0.409 e. The third-order valence-corrected chi connectivity index (χ3v) is 20.3. The lowest BCUT2D eigenvalue weighted by Crippen LogP contribution is -2.54. The Morgan fingerprint density at radius 1 is 0.689 bits per heavy atom. The molecule has 590 valence electrons. The molecule has 2 aromatic carbocycles. The summed E-state index contributed by atoms with van der Waals surface area (Å²) in [5, 5.41) is 5.52. The lowest BCUT2D eigenvalue weighted by molar-refractivity contribution is -0.149. The number of primary amides is 1. The van der Waals surface area contributed by atoms with Gasteiger partial charge in [0.05, 0.1) is 68.9 Å². The second-order valence-electron chi connectivity index (χ2n) is 29.5. The van der Waals surface area contributed by atoms with E-state index in [1.54, 1.807) is 43.1 Å². The summed E-state index contributed by atoms with van der Waals surface area (Å²) in [6.45, 7) is 16.3. The number of Topliss-reactive ketones (excluding diaryl/α,β-unsaturated/α-hetero) is 4. The molecular weight excluding hydrogens is 1370 g/mol. The minimum atomic E-state index is -1.05. The second kappa shape index (κ2) is 44.0. The number of benzene rings is 2. The van der Waals surface area contributed by atoms with Crippen molar-refractivity contribution >= 4 is 76.7 Å². The number of unbranched alkanes of at least 4 members (excludes halogenated alkanes) is 3. The zero-order valence-electron chi connectivity index (χ0n) is 65.4. The number of ether oxygens (including phenoxy) is 5. The van der Waals surface area contributed by atoms with Crippen molar-refractivity contribution in [2.24, 2.45) is 47.2 Å². The Morgan fingerprint density at radius 2 is 1.30 bits per heavy atom. The summed E-state index contributed by atoms with van der Waals surface area (Å²) in [6.07, 6.45) is 1.27. The van der Waals surface area contributed by atoms with Gasteiger partial charge in [-0.05, 0) is 92.8 Å². The number of methoxy groups -OCH3 is 3. The highest BCUT2D eigenvalue weighted by molar-refractivity contribution is 6.12. The summed E-state index contributed by atoms with van der Waals surface area (Å²) >= 11 is 0. The van der Waals surface area contributed by atoms with Gasteiger partial charge >= 0.3 is 12.2 Å². The van der Waals surface area contributed by atoms with Gasteiger partial charge in [-0.25, -0.2) is 14.0 Å². The van der Waals surface area contributed by atoms with Gasteiger partial charge in [0, 0.05) is 123 Å². The van der Waals surface area contributed by atoms with Crippen molar-refractivity contribution in [3.05, 3.63) is 77.1 Å². The monoisotopic (exact) mass is 1490 g/mol. The van der Waals surface area contributed by atoms with Crippen molar-refractivity contribution < 1.29 is 90.4 Å². The molecule has 0 radical (unpaired) electrons. The molecule has 1 saturated heterocycles. The highest BCUT2D eigenvalue weighted by atomic mass is 19.1. The fraction of sp³-hybridized carbons (Fsp3) is 0.654. The predicted molar refractivity (Wildman–Crippen MR) is 395 cm³/mol. The van der Waals surface area contributed by atoms with Crippen LogP contribution < -0.4 is 21.1 Å². The molecule has 0 saturated carbocycles. The molecular formula is C78H118FN9O18. The molecule has 2 aliphatic heterocycles. The van der Waals surface area contributed by atoms with Crippen LogP contribution in [0, 0.1) is 47.2 Å². The van der Waals surface area contributed by atoms with Gasteiger partial charge in [-0.2, -0.15) is 0 Å². The van der Waals surface area contributed by atoms with Crippen LogP contribution in [0.1, 0.15) is 167 Å².